The second kappa shape index (κ2) is 6.17. The van der Waals surface area contributed by atoms with Crippen LogP contribution in [0.2, 0.25) is 5.02 Å². The Bertz CT molecular complexity index is 615. The maximum atomic E-state index is 6.34. The topological polar surface area (TPSA) is 15.3 Å². The van der Waals surface area contributed by atoms with E-state index in [9.17, 15) is 0 Å². The van der Waals surface area contributed by atoms with Gasteiger partial charge in [0.1, 0.15) is 0 Å². The van der Waals surface area contributed by atoms with Crippen LogP contribution in [-0.4, -0.2) is 13.1 Å². The summed E-state index contributed by atoms with van der Waals surface area (Å²) in [6, 6.07) is 14.7. The van der Waals surface area contributed by atoms with Gasteiger partial charge in [-0.25, -0.2) is 0 Å². The first-order valence-electron chi connectivity index (χ1n) is 6.71. The van der Waals surface area contributed by atoms with E-state index in [2.05, 4.69) is 56.5 Å². The molecule has 0 spiro atoms. The van der Waals surface area contributed by atoms with Crippen LogP contribution in [0.4, 0.5) is 5.69 Å². The summed E-state index contributed by atoms with van der Waals surface area (Å²) >= 11 is 9.80. The van der Waals surface area contributed by atoms with Crippen LogP contribution in [0.1, 0.15) is 11.1 Å². The van der Waals surface area contributed by atoms with Gasteiger partial charge in [0.2, 0.25) is 0 Å². The number of rotatable bonds is 2. The highest BCUT2D eigenvalue weighted by atomic mass is 79.9. The first kappa shape index (κ1) is 13.9. The molecule has 20 heavy (non-hydrogen) atoms. The zero-order valence-corrected chi connectivity index (χ0v) is 13.4. The lowest BCUT2D eigenvalue weighted by Crippen LogP contribution is -2.28. The molecule has 1 aliphatic rings. The highest BCUT2D eigenvalue weighted by Crippen LogP contribution is 2.27. The molecule has 0 aromatic heterocycles. The summed E-state index contributed by atoms with van der Waals surface area (Å²) in [5, 5.41) is 4.27. The number of nitrogens with one attached hydrogen (secondary N) is 1. The van der Waals surface area contributed by atoms with E-state index >= 15 is 0 Å². The second-order valence-corrected chi connectivity index (χ2v) is 6.29. The van der Waals surface area contributed by atoms with E-state index in [1.54, 1.807) is 0 Å². The molecule has 104 valence electrons. The molecule has 0 saturated heterocycles. The zero-order chi connectivity index (χ0) is 13.9. The van der Waals surface area contributed by atoms with Gasteiger partial charge < -0.3 is 10.2 Å². The lowest BCUT2D eigenvalue weighted by Gasteiger charge is -2.25. The third-order valence-corrected chi connectivity index (χ3v) is 4.43. The van der Waals surface area contributed by atoms with E-state index in [1.807, 2.05) is 12.1 Å². The summed E-state index contributed by atoms with van der Waals surface area (Å²) in [7, 11) is 0. The molecule has 4 heteroatoms. The Morgan fingerprint density at radius 3 is 2.90 bits per heavy atom. The van der Waals surface area contributed by atoms with E-state index < -0.39 is 0 Å². The lowest BCUT2D eigenvalue weighted by atomic mass is 10.1. The van der Waals surface area contributed by atoms with Gasteiger partial charge in [-0.15, -0.1) is 0 Å². The molecule has 0 saturated carbocycles. The van der Waals surface area contributed by atoms with Crippen molar-refractivity contribution in [2.24, 2.45) is 0 Å². The number of hydrogen-bond acceptors (Lipinski definition) is 2. The normalized spacial score (nSPS) is 14.8. The molecule has 0 radical (unpaired) electrons. The predicted octanol–water partition coefficient (Wildman–Crippen LogP) is 4.21. The Kier molecular flexibility index (Phi) is 4.29. The second-order valence-electron chi connectivity index (χ2n) is 4.96. The van der Waals surface area contributed by atoms with Crippen molar-refractivity contribution in [2.75, 3.05) is 18.0 Å². The quantitative estimate of drug-likeness (QED) is 0.872. The summed E-state index contributed by atoms with van der Waals surface area (Å²) < 4.78 is 1.02. The van der Waals surface area contributed by atoms with Gasteiger partial charge in [-0.2, -0.15) is 0 Å². The monoisotopic (exact) mass is 350 g/mol. The molecule has 0 bridgehead atoms. The van der Waals surface area contributed by atoms with Gasteiger partial charge in [0.25, 0.3) is 0 Å². The number of nitrogens with zero attached hydrogens (tertiary/aromatic N) is 1. The predicted molar refractivity (Wildman–Crippen MR) is 88.4 cm³/mol. The minimum Gasteiger partial charge on any atom is -0.366 e. The van der Waals surface area contributed by atoms with Gasteiger partial charge in [-0.05, 0) is 29.3 Å². The molecule has 0 amide bonds. The van der Waals surface area contributed by atoms with E-state index in [0.717, 1.165) is 41.2 Å². The van der Waals surface area contributed by atoms with Crippen LogP contribution in [0.25, 0.3) is 0 Å². The van der Waals surface area contributed by atoms with Crippen molar-refractivity contribution in [3.05, 3.63) is 63.1 Å². The van der Waals surface area contributed by atoms with Crippen LogP contribution < -0.4 is 10.2 Å². The largest absolute Gasteiger partial charge is 0.366 e. The number of para-hydroxylation sites is 1. The van der Waals surface area contributed by atoms with Crippen LogP contribution in [0, 0.1) is 0 Å². The zero-order valence-electron chi connectivity index (χ0n) is 11.1. The van der Waals surface area contributed by atoms with Gasteiger partial charge >= 0.3 is 0 Å². The van der Waals surface area contributed by atoms with Crippen LogP contribution in [0.5, 0.6) is 0 Å². The van der Waals surface area contributed by atoms with Crippen molar-refractivity contribution in [2.45, 2.75) is 13.1 Å². The minimum atomic E-state index is 0.814. The molecule has 0 fully saturated rings. The Morgan fingerprint density at radius 2 is 2.05 bits per heavy atom. The first-order valence-corrected chi connectivity index (χ1v) is 7.88. The van der Waals surface area contributed by atoms with Crippen molar-refractivity contribution >= 4 is 33.2 Å². The molecular weight excluding hydrogens is 336 g/mol. The van der Waals surface area contributed by atoms with E-state index in [1.165, 1.54) is 11.3 Å². The minimum absolute atomic E-state index is 0.814. The van der Waals surface area contributed by atoms with Crippen molar-refractivity contribution in [1.82, 2.24) is 5.32 Å². The SMILES string of the molecule is Clc1cc(Br)ccc1CN1CCNCc2ccccc21. The molecular formula is C16H16BrClN2. The van der Waals surface area contributed by atoms with Crippen LogP contribution in [-0.2, 0) is 13.1 Å². The summed E-state index contributed by atoms with van der Waals surface area (Å²) in [5.41, 5.74) is 3.81. The van der Waals surface area contributed by atoms with Crippen molar-refractivity contribution in [1.29, 1.82) is 0 Å². The molecule has 0 atom stereocenters. The molecule has 1 heterocycles. The van der Waals surface area contributed by atoms with Crippen molar-refractivity contribution in [3.63, 3.8) is 0 Å². The molecule has 1 N–H and O–H groups in total. The highest BCUT2D eigenvalue weighted by molar-refractivity contribution is 9.10. The summed E-state index contributed by atoms with van der Waals surface area (Å²) in [5.74, 6) is 0. The molecule has 1 aliphatic heterocycles. The maximum absolute atomic E-state index is 6.34. The van der Waals surface area contributed by atoms with Crippen LogP contribution >= 0.6 is 27.5 Å². The number of fused-ring (bicyclic) bond motifs is 1. The average molecular weight is 352 g/mol. The molecule has 0 unspecified atom stereocenters. The summed E-state index contributed by atoms with van der Waals surface area (Å²) in [6.07, 6.45) is 0. The lowest BCUT2D eigenvalue weighted by molar-refractivity contribution is 0.688. The number of anilines is 1. The fourth-order valence-corrected chi connectivity index (χ4v) is 3.28. The van der Waals surface area contributed by atoms with Gasteiger partial charge in [-0.3, -0.25) is 0 Å². The van der Waals surface area contributed by atoms with E-state index in [-0.39, 0.29) is 0 Å². The summed E-state index contributed by atoms with van der Waals surface area (Å²) in [6.45, 7) is 3.75. The van der Waals surface area contributed by atoms with Gasteiger partial charge in [0, 0.05) is 41.4 Å². The van der Waals surface area contributed by atoms with Crippen LogP contribution in [0.3, 0.4) is 0 Å². The first-order chi connectivity index (χ1) is 9.74. The molecule has 2 aromatic carbocycles. The van der Waals surface area contributed by atoms with Crippen LogP contribution in [0.15, 0.2) is 46.9 Å². The molecule has 3 rings (SSSR count). The Hall–Kier alpha value is -1.03. The Balaban J connectivity index is 1.90. The highest BCUT2D eigenvalue weighted by Gasteiger charge is 2.15. The number of hydrogen-bond donors (Lipinski definition) is 1. The Morgan fingerprint density at radius 1 is 1.20 bits per heavy atom. The van der Waals surface area contributed by atoms with E-state index in [0.29, 0.717) is 0 Å². The van der Waals surface area contributed by atoms with Gasteiger partial charge in [-0.1, -0.05) is 51.8 Å². The fraction of sp³-hybridized carbons (Fsp3) is 0.250. The van der Waals surface area contributed by atoms with Gasteiger partial charge in [0.05, 0.1) is 0 Å². The molecule has 2 nitrogen and oxygen atoms in total. The van der Waals surface area contributed by atoms with Gasteiger partial charge in [0.15, 0.2) is 0 Å². The van der Waals surface area contributed by atoms with E-state index in [4.69, 9.17) is 11.6 Å². The third-order valence-electron chi connectivity index (χ3n) is 3.58. The smallest absolute Gasteiger partial charge is 0.0467 e. The van der Waals surface area contributed by atoms with Crippen molar-refractivity contribution < 1.29 is 0 Å². The fourth-order valence-electron chi connectivity index (χ4n) is 2.55. The third kappa shape index (κ3) is 3.00. The standard InChI is InChI=1S/C16H16BrClN2/c17-14-6-5-13(15(18)9-14)11-20-8-7-19-10-12-3-1-2-4-16(12)20/h1-6,9,19H,7-8,10-11H2. The molecule has 0 aliphatic carbocycles. The Labute approximate surface area is 132 Å². The number of benzene rings is 2. The average Bonchev–Trinajstić information content (AvgIpc) is 2.65. The molecule has 2 aromatic rings. The van der Waals surface area contributed by atoms with Crippen molar-refractivity contribution in [3.8, 4) is 0 Å². The number of halogens is 2. The summed E-state index contributed by atoms with van der Waals surface area (Å²) in [4.78, 5) is 2.39. The maximum Gasteiger partial charge on any atom is 0.0467 e.